The standard InChI is InChI=1S/C10H21NS/c1-9(2)10-5-4-6-11(7-10)8-12-3/h9-10H,4-8H2,1-3H3. The third-order valence-corrected chi connectivity index (χ3v) is 3.42. The van der Waals surface area contributed by atoms with E-state index in [0.29, 0.717) is 0 Å². The molecular formula is C10H21NS. The van der Waals surface area contributed by atoms with Crippen LogP contribution in [-0.4, -0.2) is 30.1 Å². The number of nitrogens with zero attached hydrogens (tertiary/aromatic N) is 1. The van der Waals surface area contributed by atoms with Gasteiger partial charge in [0.25, 0.3) is 0 Å². The molecule has 0 saturated carbocycles. The fraction of sp³-hybridized carbons (Fsp3) is 1.00. The molecule has 0 amide bonds. The predicted molar refractivity (Wildman–Crippen MR) is 57.5 cm³/mol. The summed E-state index contributed by atoms with van der Waals surface area (Å²) in [7, 11) is 0. The summed E-state index contributed by atoms with van der Waals surface area (Å²) in [4.78, 5) is 2.60. The molecule has 1 saturated heterocycles. The van der Waals surface area contributed by atoms with Crippen molar-refractivity contribution in [1.29, 1.82) is 0 Å². The second kappa shape index (κ2) is 5.13. The minimum absolute atomic E-state index is 0.870. The molecule has 1 atom stereocenters. The van der Waals surface area contributed by atoms with Crippen LogP contribution in [0.1, 0.15) is 26.7 Å². The maximum absolute atomic E-state index is 2.60. The van der Waals surface area contributed by atoms with E-state index in [0.717, 1.165) is 11.8 Å². The summed E-state index contributed by atoms with van der Waals surface area (Å²) in [6.45, 7) is 7.36. The molecule has 0 radical (unpaired) electrons. The number of hydrogen-bond donors (Lipinski definition) is 0. The van der Waals surface area contributed by atoms with E-state index < -0.39 is 0 Å². The highest BCUT2D eigenvalue weighted by atomic mass is 32.2. The van der Waals surface area contributed by atoms with Crippen LogP contribution >= 0.6 is 11.8 Å². The van der Waals surface area contributed by atoms with Gasteiger partial charge in [-0.1, -0.05) is 13.8 Å². The first-order valence-electron chi connectivity index (χ1n) is 4.95. The van der Waals surface area contributed by atoms with E-state index >= 15 is 0 Å². The van der Waals surface area contributed by atoms with Crippen molar-refractivity contribution < 1.29 is 0 Å². The zero-order valence-electron chi connectivity index (χ0n) is 8.55. The van der Waals surface area contributed by atoms with Gasteiger partial charge in [0.1, 0.15) is 0 Å². The highest BCUT2D eigenvalue weighted by Crippen LogP contribution is 2.23. The molecule has 1 unspecified atom stereocenters. The summed E-state index contributed by atoms with van der Waals surface area (Å²) < 4.78 is 0. The first kappa shape index (κ1) is 10.4. The van der Waals surface area contributed by atoms with Gasteiger partial charge in [-0.3, -0.25) is 4.90 Å². The normalized spacial score (nSPS) is 26.5. The van der Waals surface area contributed by atoms with Gasteiger partial charge in [-0.2, -0.15) is 0 Å². The molecule has 2 heteroatoms. The monoisotopic (exact) mass is 187 g/mol. The first-order valence-corrected chi connectivity index (χ1v) is 6.34. The van der Waals surface area contributed by atoms with Crippen molar-refractivity contribution in [3.05, 3.63) is 0 Å². The van der Waals surface area contributed by atoms with Gasteiger partial charge in [0.15, 0.2) is 0 Å². The van der Waals surface area contributed by atoms with Crippen molar-refractivity contribution in [2.45, 2.75) is 26.7 Å². The topological polar surface area (TPSA) is 3.24 Å². The molecule has 1 fully saturated rings. The van der Waals surface area contributed by atoms with Crippen LogP contribution in [0, 0.1) is 11.8 Å². The lowest BCUT2D eigenvalue weighted by molar-refractivity contribution is 0.167. The molecule has 0 N–H and O–H groups in total. The lowest BCUT2D eigenvalue weighted by Gasteiger charge is -2.34. The van der Waals surface area contributed by atoms with Crippen molar-refractivity contribution in [3.8, 4) is 0 Å². The molecular weight excluding hydrogens is 166 g/mol. The molecule has 72 valence electrons. The predicted octanol–water partition coefficient (Wildman–Crippen LogP) is 2.67. The van der Waals surface area contributed by atoms with Gasteiger partial charge in [0.2, 0.25) is 0 Å². The van der Waals surface area contributed by atoms with Crippen molar-refractivity contribution in [2.24, 2.45) is 11.8 Å². The SMILES string of the molecule is CSCN1CCCC(C(C)C)C1. The Labute approximate surface area is 80.9 Å². The van der Waals surface area contributed by atoms with Gasteiger partial charge in [-0.25, -0.2) is 0 Å². The fourth-order valence-corrected chi connectivity index (χ4v) is 2.53. The summed E-state index contributed by atoms with van der Waals surface area (Å²) in [5.41, 5.74) is 0. The Morgan fingerprint density at radius 2 is 2.25 bits per heavy atom. The first-order chi connectivity index (χ1) is 5.74. The van der Waals surface area contributed by atoms with Crippen LogP contribution in [0.15, 0.2) is 0 Å². The summed E-state index contributed by atoms with van der Waals surface area (Å²) in [6.07, 6.45) is 5.05. The largest absolute Gasteiger partial charge is 0.294 e. The summed E-state index contributed by atoms with van der Waals surface area (Å²) in [5.74, 6) is 3.05. The summed E-state index contributed by atoms with van der Waals surface area (Å²) in [5, 5.41) is 0. The molecule has 12 heavy (non-hydrogen) atoms. The molecule has 1 aliphatic heterocycles. The molecule has 0 bridgehead atoms. The number of thioether (sulfide) groups is 1. The maximum atomic E-state index is 2.60. The van der Waals surface area contributed by atoms with Crippen LogP contribution in [0.4, 0.5) is 0 Å². The molecule has 0 spiro atoms. The Hall–Kier alpha value is 0.310. The smallest absolute Gasteiger partial charge is 0.0441 e. The van der Waals surface area contributed by atoms with Crippen molar-refractivity contribution >= 4 is 11.8 Å². The van der Waals surface area contributed by atoms with Gasteiger partial charge in [-0.05, 0) is 37.5 Å². The van der Waals surface area contributed by atoms with E-state index in [2.05, 4.69) is 25.0 Å². The zero-order valence-corrected chi connectivity index (χ0v) is 9.36. The Morgan fingerprint density at radius 1 is 1.50 bits per heavy atom. The number of likely N-dealkylation sites (tertiary alicyclic amines) is 1. The minimum Gasteiger partial charge on any atom is -0.294 e. The molecule has 0 aliphatic carbocycles. The van der Waals surface area contributed by atoms with Gasteiger partial charge in [0, 0.05) is 12.4 Å². The molecule has 1 rings (SSSR count). The molecule has 0 aromatic heterocycles. The van der Waals surface area contributed by atoms with Crippen LogP contribution in [0.5, 0.6) is 0 Å². The third kappa shape index (κ3) is 2.98. The molecule has 1 nitrogen and oxygen atoms in total. The number of rotatable bonds is 3. The highest BCUT2D eigenvalue weighted by molar-refractivity contribution is 7.98. The van der Waals surface area contributed by atoms with Crippen LogP contribution in [0.2, 0.25) is 0 Å². The van der Waals surface area contributed by atoms with Gasteiger partial charge in [0.05, 0.1) is 0 Å². The third-order valence-electron chi connectivity index (χ3n) is 2.80. The Morgan fingerprint density at radius 3 is 2.83 bits per heavy atom. The second-order valence-corrected chi connectivity index (χ2v) is 4.98. The van der Waals surface area contributed by atoms with Crippen LogP contribution < -0.4 is 0 Å². The van der Waals surface area contributed by atoms with Crippen LogP contribution in [0.25, 0.3) is 0 Å². The maximum Gasteiger partial charge on any atom is 0.0441 e. The molecule has 0 aromatic carbocycles. The summed E-state index contributed by atoms with van der Waals surface area (Å²) >= 11 is 1.95. The number of piperidine rings is 1. The van der Waals surface area contributed by atoms with E-state index in [1.807, 2.05) is 11.8 Å². The minimum atomic E-state index is 0.870. The van der Waals surface area contributed by atoms with Crippen molar-refractivity contribution in [1.82, 2.24) is 4.90 Å². The molecule has 0 aromatic rings. The molecule has 1 aliphatic rings. The quantitative estimate of drug-likeness (QED) is 0.668. The van der Waals surface area contributed by atoms with Crippen molar-refractivity contribution in [3.63, 3.8) is 0 Å². The average molecular weight is 187 g/mol. The van der Waals surface area contributed by atoms with Crippen molar-refractivity contribution in [2.75, 3.05) is 25.2 Å². The van der Waals surface area contributed by atoms with Gasteiger partial charge in [-0.15, -0.1) is 11.8 Å². The van der Waals surface area contributed by atoms with E-state index in [9.17, 15) is 0 Å². The highest BCUT2D eigenvalue weighted by Gasteiger charge is 2.21. The van der Waals surface area contributed by atoms with E-state index in [1.54, 1.807) is 0 Å². The van der Waals surface area contributed by atoms with E-state index in [4.69, 9.17) is 0 Å². The Balaban J connectivity index is 2.30. The average Bonchev–Trinajstić information content (AvgIpc) is 2.05. The van der Waals surface area contributed by atoms with Crippen LogP contribution in [0.3, 0.4) is 0 Å². The summed E-state index contributed by atoms with van der Waals surface area (Å²) in [6, 6.07) is 0. The second-order valence-electron chi connectivity index (χ2n) is 4.14. The van der Waals surface area contributed by atoms with Gasteiger partial charge >= 0.3 is 0 Å². The van der Waals surface area contributed by atoms with E-state index in [-0.39, 0.29) is 0 Å². The molecule has 1 heterocycles. The fourth-order valence-electron chi connectivity index (χ4n) is 1.94. The number of hydrogen-bond acceptors (Lipinski definition) is 2. The van der Waals surface area contributed by atoms with Crippen LogP contribution in [-0.2, 0) is 0 Å². The lowest BCUT2D eigenvalue weighted by Crippen LogP contribution is -2.36. The lowest BCUT2D eigenvalue weighted by atomic mass is 9.88. The van der Waals surface area contributed by atoms with E-state index in [1.165, 1.54) is 31.8 Å². The Kier molecular flexibility index (Phi) is 4.44. The Bertz CT molecular complexity index is 123. The zero-order chi connectivity index (χ0) is 8.97. The van der Waals surface area contributed by atoms with Gasteiger partial charge < -0.3 is 0 Å².